The summed E-state index contributed by atoms with van der Waals surface area (Å²) in [4.78, 5) is 54.7. The molecular weight excluding hydrogens is 530 g/mol. The first kappa shape index (κ1) is 30.7. The average Bonchev–Trinajstić information content (AvgIpc) is 3.34. The molecule has 0 bridgehead atoms. The lowest BCUT2D eigenvalue weighted by molar-refractivity contribution is -0.142. The predicted octanol–water partition coefficient (Wildman–Crippen LogP) is 1.80. The number of nitrogens with two attached hydrogens (primary N) is 1. The van der Waals surface area contributed by atoms with Crippen molar-refractivity contribution < 1.29 is 24.3 Å². The molecule has 0 aliphatic carbocycles. The monoisotopic (exact) mass is 567 g/mol. The Bertz CT molecular complexity index is 1310. The number of carbonyl (C=O) groups excluding carboxylic acids is 3. The minimum Gasteiger partial charge on any atom is -0.480 e. The Balaban J connectivity index is 1.86. The third kappa shape index (κ3) is 8.59. The first-order valence-electron chi connectivity index (χ1n) is 13.2. The van der Waals surface area contributed by atoms with Crippen molar-refractivity contribution in [1.29, 1.82) is 0 Å². The molecule has 0 aliphatic rings. The number of H-pyrrole nitrogens is 1. The second-order valence-corrected chi connectivity index (χ2v) is 10.6. The van der Waals surface area contributed by atoms with Crippen molar-refractivity contribution in [3.63, 3.8) is 0 Å². The van der Waals surface area contributed by atoms with Crippen LogP contribution in [0.5, 0.6) is 0 Å². The van der Waals surface area contributed by atoms with E-state index in [0.717, 1.165) is 22.0 Å². The summed E-state index contributed by atoms with van der Waals surface area (Å²) >= 11 is 4.05. The Hall–Kier alpha value is -3.83. The molecule has 3 rings (SSSR count). The SMILES string of the molecule is CC(C)CC(NC(=O)C(N)CS)C(=O)NC(Cc1c[nH]c2ccccc12)C(=O)NC(Cc1ccccc1)C(=O)O. The third-order valence-electron chi connectivity index (χ3n) is 6.50. The normalized spacial score (nSPS) is 14.2. The van der Waals surface area contributed by atoms with Crippen LogP contribution in [-0.2, 0) is 32.0 Å². The van der Waals surface area contributed by atoms with Crippen LogP contribution in [0, 0.1) is 5.92 Å². The number of rotatable bonds is 14. The van der Waals surface area contributed by atoms with Crippen LogP contribution in [0.2, 0.25) is 0 Å². The van der Waals surface area contributed by atoms with Crippen molar-refractivity contribution in [3.8, 4) is 0 Å². The maximum Gasteiger partial charge on any atom is 0.326 e. The second kappa shape index (κ2) is 14.5. The van der Waals surface area contributed by atoms with Gasteiger partial charge in [0.05, 0.1) is 6.04 Å². The fraction of sp³-hybridized carbons (Fsp3) is 0.379. The lowest BCUT2D eigenvalue weighted by Gasteiger charge is -2.26. The van der Waals surface area contributed by atoms with Gasteiger partial charge in [-0.25, -0.2) is 4.79 Å². The Kier molecular flexibility index (Phi) is 11.2. The van der Waals surface area contributed by atoms with Crippen molar-refractivity contribution in [2.45, 2.75) is 57.3 Å². The molecule has 1 aromatic heterocycles. The van der Waals surface area contributed by atoms with E-state index in [-0.39, 0.29) is 24.5 Å². The molecule has 0 aliphatic heterocycles. The van der Waals surface area contributed by atoms with E-state index in [1.165, 1.54) is 0 Å². The average molecular weight is 568 g/mol. The standard InChI is InChI=1S/C29H37N5O5S/c1-17(2)12-23(32-26(35)21(30)16-40)27(36)33-24(14-19-15-31-22-11-7-6-10-20(19)22)28(37)34-25(29(38)39)13-18-8-4-3-5-9-18/h3-11,15,17,21,23-25,31,40H,12-14,16,30H2,1-2H3,(H,32,35)(H,33,36)(H,34,37)(H,38,39). The molecule has 4 unspecified atom stereocenters. The lowest BCUT2D eigenvalue weighted by atomic mass is 10.00. The molecule has 10 nitrogen and oxygen atoms in total. The molecule has 214 valence electrons. The van der Waals surface area contributed by atoms with E-state index in [1.807, 2.05) is 44.2 Å². The molecule has 40 heavy (non-hydrogen) atoms. The second-order valence-electron chi connectivity index (χ2n) is 10.2. The van der Waals surface area contributed by atoms with Crippen LogP contribution in [0.3, 0.4) is 0 Å². The number of aliphatic carboxylic acids is 1. The van der Waals surface area contributed by atoms with E-state index >= 15 is 0 Å². The summed E-state index contributed by atoms with van der Waals surface area (Å²) in [6.07, 6.45) is 2.24. The largest absolute Gasteiger partial charge is 0.480 e. The molecule has 1 heterocycles. The highest BCUT2D eigenvalue weighted by atomic mass is 32.1. The summed E-state index contributed by atoms with van der Waals surface area (Å²) in [5, 5.41) is 18.7. The third-order valence-corrected chi connectivity index (χ3v) is 6.90. The van der Waals surface area contributed by atoms with Gasteiger partial charge in [-0.3, -0.25) is 14.4 Å². The van der Waals surface area contributed by atoms with Crippen LogP contribution in [0.1, 0.15) is 31.4 Å². The van der Waals surface area contributed by atoms with Crippen molar-refractivity contribution in [2.75, 3.05) is 5.75 Å². The first-order valence-corrected chi connectivity index (χ1v) is 13.8. The zero-order valence-electron chi connectivity index (χ0n) is 22.6. The summed E-state index contributed by atoms with van der Waals surface area (Å²) in [7, 11) is 0. The van der Waals surface area contributed by atoms with E-state index < -0.39 is 47.9 Å². The number of benzene rings is 2. The number of aromatic amines is 1. The summed E-state index contributed by atoms with van der Waals surface area (Å²) < 4.78 is 0. The quantitative estimate of drug-likeness (QED) is 0.147. The molecular formula is C29H37N5O5S. The zero-order valence-corrected chi connectivity index (χ0v) is 23.5. The molecule has 4 atom stereocenters. The molecule has 2 aromatic carbocycles. The molecule has 0 saturated carbocycles. The minimum atomic E-state index is -1.21. The molecule has 0 radical (unpaired) electrons. The van der Waals surface area contributed by atoms with E-state index in [1.54, 1.807) is 30.5 Å². The topological polar surface area (TPSA) is 166 Å². The van der Waals surface area contributed by atoms with Crippen molar-refractivity contribution in [3.05, 3.63) is 71.9 Å². The van der Waals surface area contributed by atoms with Gasteiger partial charge in [0.2, 0.25) is 17.7 Å². The number of hydrogen-bond acceptors (Lipinski definition) is 6. The van der Waals surface area contributed by atoms with Crippen LogP contribution in [-0.4, -0.2) is 63.7 Å². The van der Waals surface area contributed by atoms with Crippen LogP contribution in [0.15, 0.2) is 60.8 Å². The number of amides is 3. The maximum absolute atomic E-state index is 13.6. The Morgan fingerprint density at radius 1 is 0.850 bits per heavy atom. The number of thiol groups is 1. The van der Waals surface area contributed by atoms with Crippen LogP contribution in [0.4, 0.5) is 0 Å². The Labute approximate surface area is 238 Å². The van der Waals surface area contributed by atoms with Gasteiger partial charge < -0.3 is 31.8 Å². The summed E-state index contributed by atoms with van der Waals surface area (Å²) in [5.74, 6) is -2.79. The van der Waals surface area contributed by atoms with Crippen LogP contribution >= 0.6 is 12.6 Å². The van der Waals surface area contributed by atoms with Gasteiger partial charge in [0.15, 0.2) is 0 Å². The Morgan fingerprint density at radius 2 is 1.45 bits per heavy atom. The van der Waals surface area contributed by atoms with Gasteiger partial charge in [0.1, 0.15) is 18.1 Å². The fourth-order valence-electron chi connectivity index (χ4n) is 4.39. The van der Waals surface area contributed by atoms with Crippen LogP contribution in [0.25, 0.3) is 10.9 Å². The molecule has 3 aromatic rings. The number of carboxylic acid groups (broad SMARTS) is 1. The number of hydrogen-bond donors (Lipinski definition) is 7. The predicted molar refractivity (Wildman–Crippen MR) is 157 cm³/mol. The smallest absolute Gasteiger partial charge is 0.326 e. The van der Waals surface area contributed by atoms with Crippen molar-refractivity contribution >= 4 is 47.2 Å². The summed E-state index contributed by atoms with van der Waals surface area (Å²) in [5.41, 5.74) is 8.17. The van der Waals surface area contributed by atoms with Crippen molar-refractivity contribution in [2.24, 2.45) is 11.7 Å². The van der Waals surface area contributed by atoms with Gasteiger partial charge in [0.25, 0.3) is 0 Å². The Morgan fingerprint density at radius 3 is 2.10 bits per heavy atom. The van der Waals surface area contributed by atoms with E-state index in [4.69, 9.17) is 5.73 Å². The lowest BCUT2D eigenvalue weighted by Crippen LogP contribution is -2.58. The van der Waals surface area contributed by atoms with E-state index in [0.29, 0.717) is 6.42 Å². The van der Waals surface area contributed by atoms with Gasteiger partial charge in [-0.1, -0.05) is 62.4 Å². The molecule has 0 fully saturated rings. The van der Waals surface area contributed by atoms with Crippen LogP contribution < -0.4 is 21.7 Å². The van der Waals surface area contributed by atoms with Gasteiger partial charge in [-0.05, 0) is 29.5 Å². The number of fused-ring (bicyclic) bond motifs is 1. The number of carbonyl (C=O) groups is 4. The number of aromatic nitrogens is 1. The van der Waals surface area contributed by atoms with E-state index in [9.17, 15) is 24.3 Å². The number of para-hydroxylation sites is 1. The molecule has 3 amide bonds. The molecule has 0 spiro atoms. The van der Waals surface area contributed by atoms with E-state index in [2.05, 4.69) is 33.6 Å². The van der Waals surface area contributed by atoms with Crippen molar-refractivity contribution in [1.82, 2.24) is 20.9 Å². The van der Waals surface area contributed by atoms with Gasteiger partial charge in [0, 0.05) is 35.7 Å². The fourth-order valence-corrected chi connectivity index (χ4v) is 4.55. The molecule has 0 saturated heterocycles. The zero-order chi connectivity index (χ0) is 29.2. The first-order chi connectivity index (χ1) is 19.1. The maximum atomic E-state index is 13.6. The van der Waals surface area contributed by atoms with Gasteiger partial charge in [-0.2, -0.15) is 12.6 Å². The number of carboxylic acids is 1. The highest BCUT2D eigenvalue weighted by Crippen LogP contribution is 2.19. The van der Waals surface area contributed by atoms with Gasteiger partial charge in [-0.15, -0.1) is 0 Å². The highest BCUT2D eigenvalue weighted by Gasteiger charge is 2.31. The summed E-state index contributed by atoms with van der Waals surface area (Å²) in [6, 6.07) is 12.3. The summed E-state index contributed by atoms with van der Waals surface area (Å²) in [6.45, 7) is 3.81. The van der Waals surface area contributed by atoms with Gasteiger partial charge >= 0.3 is 5.97 Å². The molecule has 11 heteroatoms. The molecule has 7 N–H and O–H groups in total. The highest BCUT2D eigenvalue weighted by molar-refractivity contribution is 7.80. The number of nitrogens with one attached hydrogen (secondary N) is 4. The minimum absolute atomic E-state index is 0.0476.